The highest BCUT2D eigenvalue weighted by atomic mass is 32.1. The summed E-state index contributed by atoms with van der Waals surface area (Å²) in [6, 6.07) is 10.3. The number of nitriles is 1. The molecule has 0 spiro atoms. The van der Waals surface area contributed by atoms with Gasteiger partial charge >= 0.3 is 0 Å². The van der Waals surface area contributed by atoms with E-state index in [9.17, 15) is 0 Å². The second kappa shape index (κ2) is 5.77. The van der Waals surface area contributed by atoms with E-state index < -0.39 is 0 Å². The summed E-state index contributed by atoms with van der Waals surface area (Å²) in [6.07, 6.45) is 2.21. The average molecular weight is 269 g/mol. The minimum atomic E-state index is 0.353. The third kappa shape index (κ3) is 2.88. The fraction of sp³-hybridized carbons (Fsp3) is 0.267. The minimum absolute atomic E-state index is 0.353. The maximum atomic E-state index is 8.98. The van der Waals surface area contributed by atoms with Crippen molar-refractivity contribution in [3.63, 3.8) is 0 Å². The lowest BCUT2D eigenvalue weighted by molar-refractivity contribution is 0.922. The van der Waals surface area contributed by atoms with Gasteiger partial charge in [-0.05, 0) is 18.9 Å². The number of hydrogen-bond donors (Lipinski definition) is 1. The van der Waals surface area contributed by atoms with Crippen LogP contribution in [0.3, 0.4) is 0 Å². The lowest BCUT2D eigenvalue weighted by atomic mass is 10.1. The Morgan fingerprint density at radius 1 is 1.32 bits per heavy atom. The number of aromatic nitrogens is 2. The van der Waals surface area contributed by atoms with E-state index >= 15 is 0 Å². The highest BCUT2D eigenvalue weighted by Crippen LogP contribution is 2.18. The van der Waals surface area contributed by atoms with Gasteiger partial charge in [0.2, 0.25) is 0 Å². The van der Waals surface area contributed by atoms with Crippen LogP contribution in [0.1, 0.15) is 30.2 Å². The third-order valence-electron chi connectivity index (χ3n) is 2.99. The molecule has 0 amide bonds. The molecule has 0 atom stereocenters. The van der Waals surface area contributed by atoms with Gasteiger partial charge in [-0.25, -0.2) is 4.98 Å². The molecule has 2 rings (SSSR count). The molecule has 0 radical (unpaired) electrons. The summed E-state index contributed by atoms with van der Waals surface area (Å²) in [7, 11) is 0. The van der Waals surface area contributed by atoms with E-state index in [4.69, 9.17) is 17.5 Å². The number of H-pyrrole nitrogens is 1. The van der Waals surface area contributed by atoms with Gasteiger partial charge in [-0.2, -0.15) is 5.26 Å². The molecule has 0 aliphatic carbocycles. The summed E-state index contributed by atoms with van der Waals surface area (Å²) in [5.74, 6) is 0.713. The number of nitrogens with zero attached hydrogens (tertiary/aromatic N) is 2. The number of aryl methyl sites for hydroxylation is 2. The Hall–Kier alpha value is -1.99. The van der Waals surface area contributed by atoms with E-state index in [1.54, 1.807) is 0 Å². The first-order valence-corrected chi connectivity index (χ1v) is 6.67. The first-order chi connectivity index (χ1) is 9.15. The molecule has 0 saturated carbocycles. The summed E-state index contributed by atoms with van der Waals surface area (Å²) in [5, 5.41) is 8.98. The lowest BCUT2D eigenvalue weighted by Gasteiger charge is -2.06. The largest absolute Gasteiger partial charge is 0.342 e. The Morgan fingerprint density at radius 3 is 2.53 bits per heavy atom. The fourth-order valence-corrected chi connectivity index (χ4v) is 2.26. The van der Waals surface area contributed by atoms with Crippen LogP contribution >= 0.6 is 12.2 Å². The SMILES string of the molecule is CCCc1ccc(-c2nc(=S)c(C#N)c(C)[nH]2)cc1. The second-order valence-corrected chi connectivity index (χ2v) is 4.84. The zero-order chi connectivity index (χ0) is 13.8. The summed E-state index contributed by atoms with van der Waals surface area (Å²) in [5.41, 5.74) is 3.50. The zero-order valence-corrected chi connectivity index (χ0v) is 11.8. The van der Waals surface area contributed by atoms with Gasteiger partial charge in [0.05, 0.1) is 0 Å². The molecule has 19 heavy (non-hydrogen) atoms. The first-order valence-electron chi connectivity index (χ1n) is 6.26. The number of hydrogen-bond acceptors (Lipinski definition) is 3. The smallest absolute Gasteiger partial charge is 0.148 e. The Bertz CT molecular complexity index is 678. The highest BCUT2D eigenvalue weighted by Gasteiger charge is 2.06. The van der Waals surface area contributed by atoms with Gasteiger partial charge in [0, 0.05) is 11.3 Å². The fourth-order valence-electron chi connectivity index (χ4n) is 1.97. The van der Waals surface area contributed by atoms with Crippen LogP contribution in [0.4, 0.5) is 0 Å². The van der Waals surface area contributed by atoms with Crippen LogP contribution in [0.15, 0.2) is 24.3 Å². The van der Waals surface area contributed by atoms with E-state index in [1.807, 2.05) is 19.1 Å². The van der Waals surface area contributed by atoms with Crippen molar-refractivity contribution in [1.29, 1.82) is 5.26 Å². The van der Waals surface area contributed by atoms with Crippen LogP contribution < -0.4 is 0 Å². The first kappa shape index (κ1) is 13.4. The predicted octanol–water partition coefficient (Wildman–Crippen LogP) is 3.94. The van der Waals surface area contributed by atoms with Crippen molar-refractivity contribution >= 4 is 12.2 Å². The van der Waals surface area contributed by atoms with Gasteiger partial charge in [-0.1, -0.05) is 49.8 Å². The Kier molecular flexibility index (Phi) is 4.08. The molecule has 1 aromatic heterocycles. The minimum Gasteiger partial charge on any atom is -0.342 e. The molecule has 4 heteroatoms. The number of benzene rings is 1. The molecule has 3 nitrogen and oxygen atoms in total. The van der Waals surface area contributed by atoms with Gasteiger partial charge in [-0.15, -0.1) is 0 Å². The normalized spacial score (nSPS) is 10.2. The van der Waals surface area contributed by atoms with E-state index in [0.29, 0.717) is 16.0 Å². The summed E-state index contributed by atoms with van der Waals surface area (Å²) >= 11 is 5.14. The summed E-state index contributed by atoms with van der Waals surface area (Å²) in [4.78, 5) is 7.42. The number of aromatic amines is 1. The quantitative estimate of drug-likeness (QED) is 0.859. The molecule has 1 aromatic carbocycles. The van der Waals surface area contributed by atoms with Crippen LogP contribution in [-0.2, 0) is 6.42 Å². The van der Waals surface area contributed by atoms with E-state index in [-0.39, 0.29) is 0 Å². The van der Waals surface area contributed by atoms with Gasteiger partial charge in [0.25, 0.3) is 0 Å². The molecule has 1 N–H and O–H groups in total. The molecule has 0 aliphatic heterocycles. The second-order valence-electron chi connectivity index (χ2n) is 4.45. The monoisotopic (exact) mass is 269 g/mol. The average Bonchev–Trinajstić information content (AvgIpc) is 2.39. The molecule has 0 saturated heterocycles. The van der Waals surface area contributed by atoms with Crippen LogP contribution in [0.5, 0.6) is 0 Å². The van der Waals surface area contributed by atoms with Crippen molar-refractivity contribution in [2.24, 2.45) is 0 Å². The van der Waals surface area contributed by atoms with Crippen molar-refractivity contribution < 1.29 is 0 Å². The van der Waals surface area contributed by atoms with Crippen molar-refractivity contribution in [2.75, 3.05) is 0 Å². The van der Waals surface area contributed by atoms with Crippen LogP contribution in [0.25, 0.3) is 11.4 Å². The zero-order valence-electron chi connectivity index (χ0n) is 11.0. The Labute approximate surface area is 118 Å². The molecular weight excluding hydrogens is 254 g/mol. The van der Waals surface area contributed by atoms with E-state index in [2.05, 4.69) is 35.1 Å². The summed E-state index contributed by atoms with van der Waals surface area (Å²) in [6.45, 7) is 4.00. The van der Waals surface area contributed by atoms with Crippen LogP contribution in [0, 0.1) is 22.9 Å². The maximum Gasteiger partial charge on any atom is 0.148 e. The van der Waals surface area contributed by atoms with Crippen molar-refractivity contribution in [1.82, 2.24) is 9.97 Å². The van der Waals surface area contributed by atoms with Gasteiger partial charge in [0.1, 0.15) is 22.1 Å². The Morgan fingerprint density at radius 2 is 2.00 bits per heavy atom. The highest BCUT2D eigenvalue weighted by molar-refractivity contribution is 7.71. The number of rotatable bonds is 3. The maximum absolute atomic E-state index is 8.98. The standard InChI is InChI=1S/C15H15N3S/c1-3-4-11-5-7-12(8-6-11)14-17-10(2)13(9-16)15(19)18-14/h5-8H,3-4H2,1-2H3,(H,17,18,19). The van der Waals surface area contributed by atoms with Crippen LogP contribution in [0.2, 0.25) is 0 Å². The lowest BCUT2D eigenvalue weighted by Crippen LogP contribution is -1.97. The van der Waals surface area contributed by atoms with Crippen LogP contribution in [-0.4, -0.2) is 9.97 Å². The van der Waals surface area contributed by atoms with Gasteiger partial charge < -0.3 is 4.98 Å². The number of nitrogens with one attached hydrogen (secondary N) is 1. The molecule has 2 aromatic rings. The van der Waals surface area contributed by atoms with Crippen molar-refractivity contribution in [3.8, 4) is 17.5 Å². The van der Waals surface area contributed by atoms with Crippen molar-refractivity contribution in [3.05, 3.63) is 45.7 Å². The molecular formula is C15H15N3S. The molecule has 0 fully saturated rings. The molecule has 0 unspecified atom stereocenters. The van der Waals surface area contributed by atoms with Crippen molar-refractivity contribution in [2.45, 2.75) is 26.7 Å². The van der Waals surface area contributed by atoms with Gasteiger partial charge in [-0.3, -0.25) is 0 Å². The molecule has 96 valence electrons. The van der Waals surface area contributed by atoms with Gasteiger partial charge in [0.15, 0.2) is 0 Å². The topological polar surface area (TPSA) is 52.5 Å². The summed E-state index contributed by atoms with van der Waals surface area (Å²) < 4.78 is 0.353. The molecule has 0 bridgehead atoms. The van der Waals surface area contributed by atoms with E-state index in [0.717, 1.165) is 24.1 Å². The predicted molar refractivity (Wildman–Crippen MR) is 78.3 cm³/mol. The molecule has 0 aliphatic rings. The van der Waals surface area contributed by atoms with E-state index in [1.165, 1.54) is 5.56 Å². The molecule has 1 heterocycles. The Balaban J connectivity index is 2.43. The third-order valence-corrected chi connectivity index (χ3v) is 3.28.